The molecule has 0 bridgehead atoms. The zero-order valence-electron chi connectivity index (χ0n) is 13.4. The zero-order valence-corrected chi connectivity index (χ0v) is 14.1. The van der Waals surface area contributed by atoms with Crippen LogP contribution < -0.4 is 16.0 Å². The van der Waals surface area contributed by atoms with Crippen LogP contribution in [0.2, 0.25) is 5.02 Å². The fourth-order valence-corrected chi connectivity index (χ4v) is 2.25. The summed E-state index contributed by atoms with van der Waals surface area (Å²) in [5.41, 5.74) is 1.94. The third-order valence-electron chi connectivity index (χ3n) is 3.45. The van der Waals surface area contributed by atoms with Crippen LogP contribution in [0.5, 0.6) is 0 Å². The van der Waals surface area contributed by atoms with E-state index in [2.05, 4.69) is 16.0 Å². The van der Waals surface area contributed by atoms with Crippen molar-refractivity contribution in [3.63, 3.8) is 0 Å². The van der Waals surface area contributed by atoms with Crippen molar-refractivity contribution >= 4 is 23.5 Å². The van der Waals surface area contributed by atoms with Crippen LogP contribution in [-0.2, 0) is 11.3 Å². The molecule has 5 nitrogen and oxygen atoms in total. The van der Waals surface area contributed by atoms with Crippen molar-refractivity contribution in [1.29, 1.82) is 0 Å². The Morgan fingerprint density at radius 1 is 1.00 bits per heavy atom. The average molecular weight is 346 g/mol. The molecule has 2 aromatic rings. The van der Waals surface area contributed by atoms with E-state index in [1.54, 1.807) is 12.1 Å². The fraction of sp³-hybridized carbons (Fsp3) is 0.222. The Bertz CT molecular complexity index is 674. The van der Waals surface area contributed by atoms with Crippen molar-refractivity contribution in [3.05, 3.63) is 70.7 Å². The van der Waals surface area contributed by atoms with Crippen molar-refractivity contribution in [3.8, 4) is 0 Å². The van der Waals surface area contributed by atoms with E-state index in [-0.39, 0.29) is 24.5 Å². The number of carbonyl (C=O) groups is 2. The van der Waals surface area contributed by atoms with Crippen molar-refractivity contribution < 1.29 is 9.59 Å². The van der Waals surface area contributed by atoms with E-state index < -0.39 is 0 Å². The maximum absolute atomic E-state index is 11.9. The highest BCUT2D eigenvalue weighted by atomic mass is 35.5. The molecule has 0 aliphatic carbocycles. The predicted molar refractivity (Wildman–Crippen MR) is 94.7 cm³/mol. The molecule has 2 rings (SSSR count). The van der Waals surface area contributed by atoms with Gasteiger partial charge < -0.3 is 16.0 Å². The van der Waals surface area contributed by atoms with Crippen LogP contribution in [0, 0.1) is 0 Å². The first kappa shape index (κ1) is 17.8. The molecule has 0 saturated carbocycles. The zero-order chi connectivity index (χ0) is 17.4. The van der Waals surface area contributed by atoms with Gasteiger partial charge in [0, 0.05) is 11.6 Å². The second-order valence-corrected chi connectivity index (χ2v) is 5.80. The van der Waals surface area contributed by atoms with Crippen molar-refractivity contribution in [2.24, 2.45) is 0 Å². The lowest BCUT2D eigenvalue weighted by atomic mass is 10.1. The first-order chi connectivity index (χ1) is 11.5. The smallest absolute Gasteiger partial charge is 0.315 e. The molecule has 3 N–H and O–H groups in total. The van der Waals surface area contributed by atoms with Gasteiger partial charge >= 0.3 is 6.03 Å². The number of benzene rings is 2. The van der Waals surface area contributed by atoms with Gasteiger partial charge in [-0.3, -0.25) is 4.79 Å². The third kappa shape index (κ3) is 5.93. The molecule has 0 radical (unpaired) electrons. The van der Waals surface area contributed by atoms with Gasteiger partial charge in [-0.25, -0.2) is 4.79 Å². The summed E-state index contributed by atoms with van der Waals surface area (Å²) in [6.45, 7) is 2.20. The Morgan fingerprint density at radius 2 is 1.67 bits per heavy atom. The van der Waals surface area contributed by atoms with Crippen LogP contribution in [0.1, 0.15) is 24.1 Å². The van der Waals surface area contributed by atoms with Gasteiger partial charge in [0.2, 0.25) is 5.91 Å². The minimum Gasteiger partial charge on any atom is -0.348 e. The first-order valence-corrected chi connectivity index (χ1v) is 8.03. The minimum absolute atomic E-state index is 0.0848. The molecule has 1 atom stereocenters. The normalized spacial score (nSPS) is 11.4. The van der Waals surface area contributed by atoms with Crippen LogP contribution in [0.3, 0.4) is 0 Å². The molecular formula is C18H20ClN3O2. The van der Waals surface area contributed by atoms with Crippen molar-refractivity contribution in [2.45, 2.75) is 19.5 Å². The predicted octanol–water partition coefficient (Wildman–Crippen LogP) is 3.02. The molecule has 0 aliphatic heterocycles. The maximum atomic E-state index is 11.9. The fourth-order valence-electron chi connectivity index (χ4n) is 2.13. The van der Waals surface area contributed by atoms with Gasteiger partial charge in [0.15, 0.2) is 0 Å². The van der Waals surface area contributed by atoms with Crippen molar-refractivity contribution in [2.75, 3.05) is 6.54 Å². The summed E-state index contributed by atoms with van der Waals surface area (Å²) in [4.78, 5) is 23.6. The SMILES string of the molecule is C[C@@H](NC(=O)CNC(=O)NCc1ccccc1)c1ccc(Cl)cc1. The Labute approximate surface area is 146 Å². The molecule has 0 aliphatic rings. The third-order valence-corrected chi connectivity index (χ3v) is 3.70. The number of hydrogen-bond acceptors (Lipinski definition) is 2. The number of urea groups is 1. The molecule has 3 amide bonds. The standard InChI is InChI=1S/C18H20ClN3O2/c1-13(15-7-9-16(19)10-8-15)22-17(23)12-21-18(24)20-11-14-5-3-2-4-6-14/h2-10,13H,11-12H2,1H3,(H,22,23)(H2,20,21,24)/t13-/m1/s1. The number of amides is 3. The number of halogens is 1. The van der Waals surface area contributed by atoms with Gasteiger partial charge in [-0.15, -0.1) is 0 Å². The van der Waals surface area contributed by atoms with E-state index in [0.29, 0.717) is 11.6 Å². The molecule has 0 aromatic heterocycles. The summed E-state index contributed by atoms with van der Waals surface area (Å²) in [5.74, 6) is -0.257. The number of rotatable bonds is 6. The molecule has 0 heterocycles. The maximum Gasteiger partial charge on any atom is 0.315 e. The highest BCUT2D eigenvalue weighted by Crippen LogP contribution is 2.15. The summed E-state index contributed by atoms with van der Waals surface area (Å²) in [6, 6.07) is 16.3. The molecule has 2 aromatic carbocycles. The molecule has 0 spiro atoms. The molecule has 0 saturated heterocycles. The summed E-state index contributed by atoms with van der Waals surface area (Å²) in [7, 11) is 0. The quantitative estimate of drug-likeness (QED) is 0.753. The van der Waals surface area contributed by atoms with Gasteiger partial charge in [-0.1, -0.05) is 54.1 Å². The van der Waals surface area contributed by atoms with Crippen LogP contribution in [0.4, 0.5) is 4.79 Å². The Balaban J connectivity index is 1.70. The van der Waals surface area contributed by atoms with Crippen molar-refractivity contribution in [1.82, 2.24) is 16.0 Å². The number of nitrogens with one attached hydrogen (secondary N) is 3. The van der Waals surface area contributed by atoms with Crippen LogP contribution in [0.15, 0.2) is 54.6 Å². The van der Waals surface area contributed by atoms with Crippen LogP contribution >= 0.6 is 11.6 Å². The number of hydrogen-bond donors (Lipinski definition) is 3. The highest BCUT2D eigenvalue weighted by Gasteiger charge is 2.10. The summed E-state index contributed by atoms with van der Waals surface area (Å²) >= 11 is 5.84. The van der Waals surface area contributed by atoms with Gasteiger partial charge in [0.1, 0.15) is 0 Å². The Hall–Kier alpha value is -2.53. The van der Waals surface area contributed by atoms with E-state index in [0.717, 1.165) is 11.1 Å². The van der Waals surface area contributed by atoms with Crippen LogP contribution in [-0.4, -0.2) is 18.5 Å². The summed E-state index contributed by atoms with van der Waals surface area (Å²) < 4.78 is 0. The van der Waals surface area contributed by atoms with E-state index in [9.17, 15) is 9.59 Å². The summed E-state index contributed by atoms with van der Waals surface area (Å²) in [5, 5.41) is 8.70. The molecule has 126 valence electrons. The van der Waals surface area contributed by atoms with E-state index >= 15 is 0 Å². The van der Waals surface area contributed by atoms with Gasteiger partial charge in [-0.05, 0) is 30.2 Å². The lowest BCUT2D eigenvalue weighted by Crippen LogP contribution is -2.42. The average Bonchev–Trinajstić information content (AvgIpc) is 2.59. The lowest BCUT2D eigenvalue weighted by molar-refractivity contribution is -0.120. The molecule has 0 unspecified atom stereocenters. The second-order valence-electron chi connectivity index (χ2n) is 5.36. The van der Waals surface area contributed by atoms with E-state index in [4.69, 9.17) is 11.6 Å². The molecule has 0 fully saturated rings. The lowest BCUT2D eigenvalue weighted by Gasteiger charge is -2.15. The minimum atomic E-state index is -0.381. The Morgan fingerprint density at radius 3 is 2.33 bits per heavy atom. The summed E-state index contributed by atoms with van der Waals surface area (Å²) in [6.07, 6.45) is 0. The van der Waals surface area contributed by atoms with E-state index in [1.807, 2.05) is 49.4 Å². The van der Waals surface area contributed by atoms with E-state index in [1.165, 1.54) is 0 Å². The van der Waals surface area contributed by atoms with Gasteiger partial charge in [-0.2, -0.15) is 0 Å². The van der Waals surface area contributed by atoms with Crippen LogP contribution in [0.25, 0.3) is 0 Å². The first-order valence-electron chi connectivity index (χ1n) is 7.65. The molecule has 24 heavy (non-hydrogen) atoms. The highest BCUT2D eigenvalue weighted by molar-refractivity contribution is 6.30. The monoisotopic (exact) mass is 345 g/mol. The second kappa shape index (κ2) is 8.93. The topological polar surface area (TPSA) is 70.2 Å². The van der Waals surface area contributed by atoms with Gasteiger partial charge in [0.05, 0.1) is 12.6 Å². The number of carbonyl (C=O) groups excluding carboxylic acids is 2. The largest absolute Gasteiger partial charge is 0.348 e. The molecule has 6 heteroatoms. The van der Waals surface area contributed by atoms with Gasteiger partial charge in [0.25, 0.3) is 0 Å². The molecular weight excluding hydrogens is 326 g/mol. The Kier molecular flexibility index (Phi) is 6.63.